The molecule has 0 fully saturated rings. The highest BCUT2D eigenvalue weighted by Gasteiger charge is 1.78. The number of rotatable bonds is 1. The number of hydrogen-bond acceptors (Lipinski definition) is 0. The summed E-state index contributed by atoms with van der Waals surface area (Å²) in [6.45, 7) is 2.01. The van der Waals surface area contributed by atoms with Crippen LogP contribution >= 0.6 is 0 Å². The van der Waals surface area contributed by atoms with E-state index in [1.807, 2.05) is 37.3 Å². The van der Waals surface area contributed by atoms with Gasteiger partial charge in [-0.2, -0.15) is 0 Å². The Morgan fingerprint density at radius 1 is 1.33 bits per heavy atom. The van der Waals surface area contributed by atoms with Crippen molar-refractivity contribution in [1.29, 1.82) is 0 Å². The van der Waals surface area contributed by atoms with Crippen LogP contribution in [0.4, 0.5) is 0 Å². The summed E-state index contributed by atoms with van der Waals surface area (Å²) in [4.78, 5) is 0. The van der Waals surface area contributed by atoms with Crippen LogP contribution in [0.5, 0.6) is 0 Å². The first-order chi connectivity index (χ1) is 4.43. The Balaban J connectivity index is 2.85. The van der Waals surface area contributed by atoms with Gasteiger partial charge in [-0.25, -0.2) is 0 Å². The Labute approximate surface area is 55.8 Å². The van der Waals surface area contributed by atoms with Gasteiger partial charge >= 0.3 is 0 Å². The zero-order valence-corrected chi connectivity index (χ0v) is 5.46. The van der Waals surface area contributed by atoms with Gasteiger partial charge in [0.05, 0.1) is 0 Å². The minimum Gasteiger partial charge on any atom is -0.0871 e. The van der Waals surface area contributed by atoms with Gasteiger partial charge in [0, 0.05) is 0 Å². The molecule has 1 rings (SSSR count). The predicted molar refractivity (Wildman–Crippen MR) is 40.0 cm³/mol. The van der Waals surface area contributed by atoms with Gasteiger partial charge in [0.25, 0.3) is 0 Å². The summed E-state index contributed by atoms with van der Waals surface area (Å²) in [7, 11) is 0. The van der Waals surface area contributed by atoms with E-state index in [1.165, 1.54) is 5.56 Å². The summed E-state index contributed by atoms with van der Waals surface area (Å²) in [6, 6.07) is 10.8. The van der Waals surface area contributed by atoms with Crippen molar-refractivity contribution >= 4 is 6.08 Å². The van der Waals surface area contributed by atoms with Crippen molar-refractivity contribution < 1.29 is 0 Å². The first kappa shape index (κ1) is 6.09. The maximum absolute atomic E-state index is 2.96. The molecule has 0 saturated heterocycles. The van der Waals surface area contributed by atoms with Gasteiger partial charge < -0.3 is 0 Å². The molecule has 45 valence electrons. The van der Waals surface area contributed by atoms with Crippen LogP contribution < -0.4 is 0 Å². The average Bonchev–Trinajstić information content (AvgIpc) is 1.91. The minimum absolute atomic E-state index is 1.23. The van der Waals surface area contributed by atoms with Crippen molar-refractivity contribution in [2.75, 3.05) is 0 Å². The molecule has 1 radical (unpaired) electrons. The van der Waals surface area contributed by atoms with Crippen LogP contribution in [0, 0.1) is 6.07 Å². The van der Waals surface area contributed by atoms with Crippen molar-refractivity contribution in [1.82, 2.24) is 0 Å². The molecule has 0 N–H and O–H groups in total. The van der Waals surface area contributed by atoms with Crippen LogP contribution in [0.25, 0.3) is 6.08 Å². The molecular formula is C9H9. The highest BCUT2D eigenvalue weighted by atomic mass is 13.8. The molecule has 0 unspecified atom stereocenters. The van der Waals surface area contributed by atoms with Gasteiger partial charge in [0.1, 0.15) is 0 Å². The Morgan fingerprint density at radius 2 is 2.00 bits per heavy atom. The summed E-state index contributed by atoms with van der Waals surface area (Å²) >= 11 is 0. The lowest BCUT2D eigenvalue weighted by atomic mass is 10.2. The van der Waals surface area contributed by atoms with E-state index in [4.69, 9.17) is 0 Å². The zero-order chi connectivity index (χ0) is 6.53. The van der Waals surface area contributed by atoms with Crippen LogP contribution in [0.3, 0.4) is 0 Å². The molecular weight excluding hydrogens is 108 g/mol. The van der Waals surface area contributed by atoms with Gasteiger partial charge in [-0.1, -0.05) is 36.4 Å². The third-order valence-electron chi connectivity index (χ3n) is 1.10. The summed E-state index contributed by atoms with van der Waals surface area (Å²) in [6.07, 6.45) is 4.09. The van der Waals surface area contributed by atoms with Crippen molar-refractivity contribution in [3.8, 4) is 0 Å². The van der Waals surface area contributed by atoms with E-state index in [0.29, 0.717) is 0 Å². The Morgan fingerprint density at radius 3 is 2.56 bits per heavy atom. The summed E-state index contributed by atoms with van der Waals surface area (Å²) in [5.74, 6) is 0. The van der Waals surface area contributed by atoms with E-state index < -0.39 is 0 Å². The third-order valence-corrected chi connectivity index (χ3v) is 1.10. The molecule has 0 atom stereocenters. The van der Waals surface area contributed by atoms with Gasteiger partial charge in [0.2, 0.25) is 0 Å². The zero-order valence-electron chi connectivity index (χ0n) is 5.46. The lowest BCUT2D eigenvalue weighted by Crippen LogP contribution is -1.65. The second kappa shape index (κ2) is 3.08. The maximum Gasteiger partial charge on any atom is -0.0184 e. The van der Waals surface area contributed by atoms with Crippen molar-refractivity contribution in [3.63, 3.8) is 0 Å². The van der Waals surface area contributed by atoms with Crippen LogP contribution in [0.1, 0.15) is 12.5 Å². The Kier molecular flexibility index (Phi) is 2.08. The number of hydrogen-bond donors (Lipinski definition) is 0. The molecule has 0 saturated carbocycles. The smallest absolute Gasteiger partial charge is 0.0184 e. The van der Waals surface area contributed by atoms with E-state index >= 15 is 0 Å². The quantitative estimate of drug-likeness (QED) is 0.530. The molecule has 0 aromatic heterocycles. The van der Waals surface area contributed by atoms with Crippen LogP contribution in [0.2, 0.25) is 0 Å². The SMILES string of the molecule is CC=Cc1cc[c]cc1. The topological polar surface area (TPSA) is 0 Å². The van der Waals surface area contributed by atoms with E-state index in [2.05, 4.69) is 12.1 Å². The van der Waals surface area contributed by atoms with Crippen molar-refractivity contribution in [3.05, 3.63) is 42.0 Å². The molecule has 0 spiro atoms. The molecule has 0 nitrogen and oxygen atoms in total. The molecule has 0 aliphatic rings. The van der Waals surface area contributed by atoms with Gasteiger partial charge in [-0.05, 0) is 18.6 Å². The van der Waals surface area contributed by atoms with Crippen LogP contribution in [-0.4, -0.2) is 0 Å². The van der Waals surface area contributed by atoms with E-state index in [-0.39, 0.29) is 0 Å². The van der Waals surface area contributed by atoms with Gasteiger partial charge in [0.15, 0.2) is 0 Å². The first-order valence-electron chi connectivity index (χ1n) is 3.02. The monoisotopic (exact) mass is 117 g/mol. The lowest BCUT2D eigenvalue weighted by Gasteiger charge is -1.86. The van der Waals surface area contributed by atoms with Crippen LogP contribution in [0.15, 0.2) is 30.3 Å². The Bertz CT molecular complexity index is 184. The number of allylic oxidation sites excluding steroid dienone is 1. The van der Waals surface area contributed by atoms with Crippen molar-refractivity contribution in [2.45, 2.75) is 6.92 Å². The fourth-order valence-corrected chi connectivity index (χ4v) is 0.703. The molecule has 9 heavy (non-hydrogen) atoms. The van der Waals surface area contributed by atoms with Crippen molar-refractivity contribution in [2.24, 2.45) is 0 Å². The second-order valence-electron chi connectivity index (χ2n) is 1.83. The lowest BCUT2D eigenvalue weighted by molar-refractivity contribution is 1.63. The van der Waals surface area contributed by atoms with Crippen LogP contribution in [-0.2, 0) is 0 Å². The molecule has 0 bridgehead atoms. The average molecular weight is 117 g/mol. The van der Waals surface area contributed by atoms with Gasteiger partial charge in [-0.3, -0.25) is 0 Å². The largest absolute Gasteiger partial charge is 0.0871 e. The predicted octanol–water partition coefficient (Wildman–Crippen LogP) is 2.52. The molecule has 0 aliphatic carbocycles. The fraction of sp³-hybridized carbons (Fsp3) is 0.111. The van der Waals surface area contributed by atoms with E-state index in [1.54, 1.807) is 0 Å². The fourth-order valence-electron chi connectivity index (χ4n) is 0.703. The highest BCUT2D eigenvalue weighted by Crippen LogP contribution is 1.98. The third kappa shape index (κ3) is 1.73. The molecule has 1 aromatic rings. The summed E-state index contributed by atoms with van der Waals surface area (Å²) in [5, 5.41) is 0. The highest BCUT2D eigenvalue weighted by molar-refractivity contribution is 5.47. The minimum atomic E-state index is 1.23. The molecule has 0 heteroatoms. The van der Waals surface area contributed by atoms with E-state index in [0.717, 1.165) is 0 Å². The summed E-state index contributed by atoms with van der Waals surface area (Å²) in [5.41, 5.74) is 1.23. The summed E-state index contributed by atoms with van der Waals surface area (Å²) < 4.78 is 0. The normalized spacial score (nSPS) is 10.3. The van der Waals surface area contributed by atoms with Gasteiger partial charge in [-0.15, -0.1) is 0 Å². The standard InChI is InChI=1S/C9H9/c1-2-6-9-7-4-3-5-8-9/h2,4-8H,1H3. The first-order valence-corrected chi connectivity index (χ1v) is 3.02. The molecule has 0 heterocycles. The molecule has 0 amide bonds. The molecule has 0 aliphatic heterocycles. The molecule has 1 aromatic carbocycles. The number of benzene rings is 1. The Hall–Kier alpha value is -1.04. The van der Waals surface area contributed by atoms with E-state index in [9.17, 15) is 0 Å². The maximum atomic E-state index is 2.96. The second-order valence-corrected chi connectivity index (χ2v) is 1.83.